The Kier molecular flexibility index (Phi) is 6.81. The molecule has 4 rings (SSSR count). The van der Waals surface area contributed by atoms with E-state index in [2.05, 4.69) is 9.97 Å². The van der Waals surface area contributed by atoms with Crippen LogP contribution in [0.2, 0.25) is 5.02 Å². The van der Waals surface area contributed by atoms with Gasteiger partial charge < -0.3 is 9.84 Å². The third-order valence-corrected chi connectivity index (χ3v) is 5.88. The number of aromatic nitrogens is 4. The average molecular weight is 481 g/mol. The molecule has 0 saturated carbocycles. The number of nitrogens with zero attached hydrogens (tertiary/aromatic N) is 4. The maximum Gasteiger partial charge on any atom is 0.332 e. The predicted octanol–water partition coefficient (Wildman–Crippen LogP) is 4.13. The fourth-order valence-electron chi connectivity index (χ4n) is 3.84. The van der Waals surface area contributed by atoms with E-state index >= 15 is 0 Å². The Hall–Kier alpha value is -3.49. The first-order chi connectivity index (χ1) is 16.3. The van der Waals surface area contributed by atoms with Crippen LogP contribution in [-0.4, -0.2) is 24.2 Å². The van der Waals surface area contributed by atoms with E-state index in [1.54, 1.807) is 43.6 Å². The summed E-state index contributed by atoms with van der Waals surface area (Å²) in [6.45, 7) is 4.13. The van der Waals surface area contributed by atoms with Gasteiger partial charge in [0.25, 0.3) is 5.56 Å². The van der Waals surface area contributed by atoms with E-state index in [0.29, 0.717) is 22.8 Å². The third kappa shape index (κ3) is 4.47. The smallest absolute Gasteiger partial charge is 0.332 e. The molecule has 0 saturated heterocycles. The van der Waals surface area contributed by atoms with E-state index in [9.17, 15) is 14.7 Å². The van der Waals surface area contributed by atoms with Gasteiger partial charge in [-0.3, -0.25) is 18.9 Å². The Balaban J connectivity index is 2.02. The van der Waals surface area contributed by atoms with E-state index in [4.69, 9.17) is 16.3 Å². The van der Waals surface area contributed by atoms with Crippen LogP contribution in [-0.2, 0) is 13.6 Å². The van der Waals surface area contributed by atoms with Crippen molar-refractivity contribution in [1.82, 2.24) is 19.1 Å². The summed E-state index contributed by atoms with van der Waals surface area (Å²) < 4.78 is 8.57. The molecule has 0 bridgehead atoms. The molecule has 0 fully saturated rings. The second kappa shape index (κ2) is 9.79. The van der Waals surface area contributed by atoms with Crippen LogP contribution in [0.3, 0.4) is 0 Å². The minimum Gasteiger partial charge on any atom is -0.454 e. The van der Waals surface area contributed by atoms with E-state index in [0.717, 1.165) is 12.0 Å². The molecule has 4 aromatic rings. The summed E-state index contributed by atoms with van der Waals surface area (Å²) in [5.74, 6) is 0.627. The van der Waals surface area contributed by atoms with Gasteiger partial charge in [0, 0.05) is 30.4 Å². The van der Waals surface area contributed by atoms with Crippen molar-refractivity contribution in [2.75, 3.05) is 0 Å². The molecule has 0 aliphatic rings. The Morgan fingerprint density at radius 1 is 1.15 bits per heavy atom. The predicted molar refractivity (Wildman–Crippen MR) is 131 cm³/mol. The first-order valence-corrected chi connectivity index (χ1v) is 11.3. The van der Waals surface area contributed by atoms with Crippen LogP contribution < -0.4 is 16.0 Å². The van der Waals surface area contributed by atoms with Crippen molar-refractivity contribution >= 4 is 22.6 Å². The molecule has 0 radical (unpaired) electrons. The fraction of sp³-hybridized carbons (Fsp3) is 0.280. The lowest BCUT2D eigenvalue weighted by molar-refractivity contribution is 0.217. The lowest BCUT2D eigenvalue weighted by atomic mass is 9.98. The second-order valence-electron chi connectivity index (χ2n) is 8.14. The number of aliphatic hydroxyl groups is 1. The van der Waals surface area contributed by atoms with Gasteiger partial charge in [0.05, 0.1) is 17.8 Å². The molecule has 9 heteroatoms. The highest BCUT2D eigenvalue weighted by Gasteiger charge is 2.25. The minimum absolute atomic E-state index is 0.124. The maximum absolute atomic E-state index is 13.6. The van der Waals surface area contributed by atoms with Gasteiger partial charge in [0.2, 0.25) is 0 Å². The molecule has 0 amide bonds. The number of halogens is 1. The van der Waals surface area contributed by atoms with Crippen molar-refractivity contribution in [3.63, 3.8) is 0 Å². The van der Waals surface area contributed by atoms with Gasteiger partial charge in [-0.15, -0.1) is 0 Å². The molecule has 0 aliphatic carbocycles. The summed E-state index contributed by atoms with van der Waals surface area (Å²) >= 11 is 6.03. The van der Waals surface area contributed by atoms with Crippen molar-refractivity contribution in [2.24, 2.45) is 7.05 Å². The topological polar surface area (TPSA) is 99.2 Å². The maximum atomic E-state index is 13.6. The van der Waals surface area contributed by atoms with Gasteiger partial charge in [-0.05, 0) is 42.7 Å². The monoisotopic (exact) mass is 480 g/mol. The summed E-state index contributed by atoms with van der Waals surface area (Å²) in [5, 5.41) is 12.1. The first kappa shape index (κ1) is 23.7. The summed E-state index contributed by atoms with van der Waals surface area (Å²) in [6, 6.07) is 8.45. The summed E-state index contributed by atoms with van der Waals surface area (Å²) in [6.07, 6.45) is 4.88. The van der Waals surface area contributed by atoms with Crippen LogP contribution >= 0.6 is 11.6 Å². The molecular formula is C25H25ClN4O4. The van der Waals surface area contributed by atoms with Crippen LogP contribution in [0, 0.1) is 6.92 Å². The normalized spacial score (nSPS) is 12.1. The number of unbranched alkanes of at least 4 members (excludes halogenated alkanes) is 1. The highest BCUT2D eigenvalue weighted by atomic mass is 35.5. The van der Waals surface area contributed by atoms with Crippen LogP contribution in [0.25, 0.3) is 11.0 Å². The highest BCUT2D eigenvalue weighted by Crippen LogP contribution is 2.36. The van der Waals surface area contributed by atoms with Crippen molar-refractivity contribution in [3.8, 4) is 11.5 Å². The van der Waals surface area contributed by atoms with Gasteiger partial charge in [-0.2, -0.15) is 0 Å². The molecule has 176 valence electrons. The number of fused-ring (bicyclic) bond motifs is 1. The standard InChI is InChI=1S/C25H25ClN4O4/c1-4-5-10-30-24(32)21-20(22(31)16-6-8-17(26)9-7-16)19(14-28-23(21)29(3)25(30)33)34-18-11-15(2)12-27-13-18/h6-9,11-14,22,31H,4-5,10H2,1-3H3. The molecule has 34 heavy (non-hydrogen) atoms. The lowest BCUT2D eigenvalue weighted by Gasteiger charge is -2.20. The Bertz CT molecular complexity index is 1460. The van der Waals surface area contributed by atoms with Crippen molar-refractivity contribution in [1.29, 1.82) is 0 Å². The number of benzene rings is 1. The van der Waals surface area contributed by atoms with Crippen LogP contribution in [0.15, 0.2) is 58.5 Å². The molecule has 3 heterocycles. The van der Waals surface area contributed by atoms with Crippen LogP contribution in [0.4, 0.5) is 0 Å². The van der Waals surface area contributed by atoms with Crippen molar-refractivity contribution in [2.45, 2.75) is 39.3 Å². The van der Waals surface area contributed by atoms with Gasteiger partial charge in [0.1, 0.15) is 17.5 Å². The Morgan fingerprint density at radius 3 is 2.56 bits per heavy atom. The lowest BCUT2D eigenvalue weighted by Crippen LogP contribution is -2.40. The van der Waals surface area contributed by atoms with Gasteiger partial charge in [0.15, 0.2) is 5.75 Å². The zero-order valence-corrected chi connectivity index (χ0v) is 19.9. The third-order valence-electron chi connectivity index (χ3n) is 5.63. The molecule has 1 N–H and O–H groups in total. The zero-order chi connectivity index (χ0) is 24.4. The molecule has 1 atom stereocenters. The van der Waals surface area contributed by atoms with E-state index in [1.807, 2.05) is 13.8 Å². The number of rotatable bonds is 7. The number of aryl methyl sites for hydroxylation is 2. The summed E-state index contributed by atoms with van der Waals surface area (Å²) in [5.41, 5.74) is 0.810. The summed E-state index contributed by atoms with van der Waals surface area (Å²) in [4.78, 5) is 35.0. The van der Waals surface area contributed by atoms with E-state index in [1.165, 1.54) is 21.5 Å². The number of pyridine rings is 2. The molecule has 1 aromatic carbocycles. The van der Waals surface area contributed by atoms with Crippen LogP contribution in [0.1, 0.15) is 42.6 Å². The second-order valence-corrected chi connectivity index (χ2v) is 8.58. The molecule has 3 aromatic heterocycles. The minimum atomic E-state index is -1.24. The Labute approximate surface area is 201 Å². The number of aliphatic hydroxyl groups excluding tert-OH is 1. The first-order valence-electron chi connectivity index (χ1n) is 11.0. The van der Waals surface area contributed by atoms with Crippen molar-refractivity contribution in [3.05, 3.63) is 91.5 Å². The molecule has 8 nitrogen and oxygen atoms in total. The SMILES string of the molecule is CCCCn1c(=O)c2c(C(O)c3ccc(Cl)cc3)c(Oc3cncc(C)c3)cnc2n(C)c1=O. The van der Waals surface area contributed by atoms with Crippen LogP contribution in [0.5, 0.6) is 11.5 Å². The van der Waals surface area contributed by atoms with E-state index in [-0.39, 0.29) is 28.9 Å². The van der Waals surface area contributed by atoms with E-state index < -0.39 is 17.4 Å². The Morgan fingerprint density at radius 2 is 1.88 bits per heavy atom. The van der Waals surface area contributed by atoms with Gasteiger partial charge >= 0.3 is 5.69 Å². The quantitative estimate of drug-likeness (QED) is 0.427. The molecule has 0 aliphatic heterocycles. The molecule has 1 unspecified atom stereocenters. The fourth-order valence-corrected chi connectivity index (χ4v) is 3.97. The number of ether oxygens (including phenoxy) is 1. The molecular weight excluding hydrogens is 456 g/mol. The highest BCUT2D eigenvalue weighted by molar-refractivity contribution is 6.30. The molecule has 0 spiro atoms. The van der Waals surface area contributed by atoms with Crippen molar-refractivity contribution < 1.29 is 9.84 Å². The number of hydrogen-bond donors (Lipinski definition) is 1. The van der Waals surface area contributed by atoms with Gasteiger partial charge in [-0.25, -0.2) is 9.78 Å². The average Bonchev–Trinajstić information content (AvgIpc) is 2.82. The zero-order valence-electron chi connectivity index (χ0n) is 19.2. The number of hydrogen-bond acceptors (Lipinski definition) is 6. The summed E-state index contributed by atoms with van der Waals surface area (Å²) in [7, 11) is 1.56. The van der Waals surface area contributed by atoms with Gasteiger partial charge in [-0.1, -0.05) is 37.1 Å². The largest absolute Gasteiger partial charge is 0.454 e.